The minimum Gasteiger partial charge on any atom is -0.497 e. The molecule has 3 rings (SSSR count). The lowest BCUT2D eigenvalue weighted by atomic mass is 10.1. The second-order valence-corrected chi connectivity index (χ2v) is 9.59. The first-order chi connectivity index (χ1) is 15.0. The van der Waals surface area contributed by atoms with Crippen molar-refractivity contribution in [2.45, 2.75) is 23.9 Å². The standard InChI is InChI=1S/C21H22ClF3N2O4S/c1-31-17-6-2-15(3-7-17)4-9-20(28)26-10-12-27(13-11-26)32(29,30)19-14-16(21(23,24)25)5-8-18(19)22/h2-3,5-8,14H,4,9-13H2,1H3. The van der Waals surface area contributed by atoms with Crippen molar-refractivity contribution in [3.05, 3.63) is 58.6 Å². The Morgan fingerprint density at radius 1 is 1.06 bits per heavy atom. The lowest BCUT2D eigenvalue weighted by Crippen LogP contribution is -2.50. The van der Waals surface area contributed by atoms with E-state index in [4.69, 9.17) is 16.3 Å². The molecule has 6 nitrogen and oxygen atoms in total. The second kappa shape index (κ2) is 9.68. The molecule has 0 aliphatic carbocycles. The average molecular weight is 491 g/mol. The fourth-order valence-electron chi connectivity index (χ4n) is 3.40. The lowest BCUT2D eigenvalue weighted by molar-refractivity contribution is -0.137. The highest BCUT2D eigenvalue weighted by molar-refractivity contribution is 7.89. The van der Waals surface area contributed by atoms with Crippen LogP contribution in [0.3, 0.4) is 0 Å². The minimum absolute atomic E-state index is 0.0246. The number of hydrogen-bond acceptors (Lipinski definition) is 4. The summed E-state index contributed by atoms with van der Waals surface area (Å²) in [6.07, 6.45) is -3.90. The number of carbonyl (C=O) groups is 1. The summed E-state index contributed by atoms with van der Waals surface area (Å²) in [7, 11) is -2.67. The minimum atomic E-state index is -4.69. The van der Waals surface area contributed by atoms with Crippen LogP contribution in [-0.4, -0.2) is 56.8 Å². The molecule has 1 amide bonds. The van der Waals surface area contributed by atoms with Gasteiger partial charge < -0.3 is 9.64 Å². The van der Waals surface area contributed by atoms with E-state index in [0.717, 1.165) is 27.8 Å². The predicted octanol–water partition coefficient (Wildman–Crippen LogP) is 3.83. The maximum absolute atomic E-state index is 13.0. The summed E-state index contributed by atoms with van der Waals surface area (Å²) in [5.74, 6) is 0.605. The van der Waals surface area contributed by atoms with Gasteiger partial charge in [-0.25, -0.2) is 8.42 Å². The van der Waals surface area contributed by atoms with Crippen molar-refractivity contribution < 1.29 is 31.1 Å². The van der Waals surface area contributed by atoms with Gasteiger partial charge in [-0.05, 0) is 42.3 Å². The van der Waals surface area contributed by atoms with Crippen molar-refractivity contribution >= 4 is 27.5 Å². The average Bonchev–Trinajstić information content (AvgIpc) is 2.77. The molecule has 1 aliphatic heterocycles. The zero-order chi connectivity index (χ0) is 23.5. The summed E-state index contributed by atoms with van der Waals surface area (Å²) in [5.41, 5.74) is -0.118. The van der Waals surface area contributed by atoms with E-state index in [-0.39, 0.29) is 43.5 Å². The van der Waals surface area contributed by atoms with Crippen LogP contribution in [0.4, 0.5) is 13.2 Å². The number of ether oxygens (including phenoxy) is 1. The van der Waals surface area contributed by atoms with Gasteiger partial charge in [-0.1, -0.05) is 23.7 Å². The third-order valence-electron chi connectivity index (χ3n) is 5.25. The van der Waals surface area contributed by atoms with E-state index in [9.17, 15) is 26.4 Å². The fourth-order valence-corrected chi connectivity index (χ4v) is 5.32. The maximum atomic E-state index is 13.0. The van der Waals surface area contributed by atoms with Gasteiger partial charge in [0.05, 0.1) is 17.7 Å². The quantitative estimate of drug-likeness (QED) is 0.617. The van der Waals surface area contributed by atoms with Crippen LogP contribution in [0.1, 0.15) is 17.5 Å². The molecule has 1 saturated heterocycles. The van der Waals surface area contributed by atoms with Gasteiger partial charge in [-0.15, -0.1) is 0 Å². The van der Waals surface area contributed by atoms with Crippen LogP contribution in [0.5, 0.6) is 5.75 Å². The number of hydrogen-bond donors (Lipinski definition) is 0. The van der Waals surface area contributed by atoms with E-state index >= 15 is 0 Å². The van der Waals surface area contributed by atoms with E-state index in [0.29, 0.717) is 12.5 Å². The molecule has 2 aromatic carbocycles. The molecule has 0 N–H and O–H groups in total. The van der Waals surface area contributed by atoms with Gasteiger partial charge in [0.2, 0.25) is 15.9 Å². The summed E-state index contributed by atoms with van der Waals surface area (Å²) in [4.78, 5) is 13.5. The highest BCUT2D eigenvalue weighted by Crippen LogP contribution is 2.34. The van der Waals surface area contributed by atoms with E-state index in [2.05, 4.69) is 0 Å². The molecule has 0 spiro atoms. The third-order valence-corrected chi connectivity index (χ3v) is 7.63. The largest absolute Gasteiger partial charge is 0.497 e. The summed E-state index contributed by atoms with van der Waals surface area (Å²) in [6, 6.07) is 9.57. The van der Waals surface area contributed by atoms with Crippen molar-refractivity contribution in [1.29, 1.82) is 0 Å². The first-order valence-corrected chi connectivity index (χ1v) is 11.6. The van der Waals surface area contributed by atoms with E-state index in [1.165, 1.54) is 0 Å². The topological polar surface area (TPSA) is 66.9 Å². The molecule has 1 heterocycles. The number of alkyl halides is 3. The van der Waals surface area contributed by atoms with Crippen molar-refractivity contribution in [3.63, 3.8) is 0 Å². The number of rotatable bonds is 6. The molecule has 1 fully saturated rings. The van der Waals surface area contributed by atoms with Crippen LogP contribution < -0.4 is 4.74 Å². The van der Waals surface area contributed by atoms with E-state index in [1.807, 2.05) is 24.3 Å². The van der Waals surface area contributed by atoms with Crippen LogP contribution in [0.15, 0.2) is 47.4 Å². The van der Waals surface area contributed by atoms with Crippen LogP contribution in [-0.2, 0) is 27.4 Å². The Bertz CT molecular complexity index is 1070. The van der Waals surface area contributed by atoms with Crippen molar-refractivity contribution in [2.75, 3.05) is 33.3 Å². The lowest BCUT2D eigenvalue weighted by Gasteiger charge is -2.34. The number of nitrogens with zero attached hydrogens (tertiary/aromatic N) is 2. The summed E-state index contributed by atoms with van der Waals surface area (Å²) >= 11 is 5.90. The van der Waals surface area contributed by atoms with Crippen LogP contribution in [0.25, 0.3) is 0 Å². The van der Waals surface area contributed by atoms with Gasteiger partial charge in [0.1, 0.15) is 10.6 Å². The van der Waals surface area contributed by atoms with Gasteiger partial charge in [0.25, 0.3) is 0 Å². The first-order valence-electron chi connectivity index (χ1n) is 9.80. The zero-order valence-corrected chi connectivity index (χ0v) is 18.8. The predicted molar refractivity (Wildman–Crippen MR) is 113 cm³/mol. The van der Waals surface area contributed by atoms with E-state index < -0.39 is 26.7 Å². The van der Waals surface area contributed by atoms with Gasteiger partial charge in [0.15, 0.2) is 0 Å². The van der Waals surface area contributed by atoms with Crippen LogP contribution in [0.2, 0.25) is 5.02 Å². The Morgan fingerprint density at radius 2 is 1.69 bits per heavy atom. The van der Waals surface area contributed by atoms with Gasteiger partial charge in [-0.2, -0.15) is 17.5 Å². The first kappa shape index (κ1) is 24.3. The number of piperazine rings is 1. The molecule has 0 aromatic heterocycles. The van der Waals surface area contributed by atoms with Gasteiger partial charge in [-0.3, -0.25) is 4.79 Å². The Hall–Kier alpha value is -2.30. The summed E-state index contributed by atoms with van der Waals surface area (Å²) < 4.78 is 70.9. The number of halogens is 4. The SMILES string of the molecule is COc1ccc(CCC(=O)N2CCN(S(=O)(=O)c3cc(C(F)(F)F)ccc3Cl)CC2)cc1. The smallest absolute Gasteiger partial charge is 0.416 e. The normalized spacial score (nSPS) is 15.6. The van der Waals surface area contributed by atoms with Crippen molar-refractivity contribution in [1.82, 2.24) is 9.21 Å². The molecular weight excluding hydrogens is 469 g/mol. The Morgan fingerprint density at radius 3 is 2.25 bits per heavy atom. The van der Waals surface area contributed by atoms with Gasteiger partial charge in [0, 0.05) is 32.6 Å². The van der Waals surface area contributed by atoms with Crippen LogP contribution >= 0.6 is 11.6 Å². The number of carbonyl (C=O) groups excluding carboxylic acids is 1. The Kier molecular flexibility index (Phi) is 7.36. The molecule has 0 radical (unpaired) electrons. The molecule has 0 unspecified atom stereocenters. The molecule has 2 aromatic rings. The Labute approximate surface area is 189 Å². The molecule has 0 saturated carbocycles. The molecule has 32 heavy (non-hydrogen) atoms. The third kappa shape index (κ3) is 5.54. The number of aryl methyl sites for hydroxylation is 1. The molecule has 0 bridgehead atoms. The number of methoxy groups -OCH3 is 1. The van der Waals surface area contributed by atoms with Crippen molar-refractivity contribution in [2.24, 2.45) is 0 Å². The highest BCUT2D eigenvalue weighted by Gasteiger charge is 2.35. The fraction of sp³-hybridized carbons (Fsp3) is 0.381. The molecular formula is C21H22ClF3N2O4S. The van der Waals surface area contributed by atoms with E-state index in [1.54, 1.807) is 12.0 Å². The maximum Gasteiger partial charge on any atom is 0.416 e. The number of sulfonamides is 1. The molecule has 0 atom stereocenters. The molecule has 174 valence electrons. The summed E-state index contributed by atoms with van der Waals surface area (Å²) in [6.45, 7) is 0.251. The van der Waals surface area contributed by atoms with Crippen molar-refractivity contribution in [3.8, 4) is 5.75 Å². The Balaban J connectivity index is 1.61. The zero-order valence-electron chi connectivity index (χ0n) is 17.2. The number of amides is 1. The molecule has 1 aliphatic rings. The second-order valence-electron chi connectivity index (χ2n) is 7.28. The van der Waals surface area contributed by atoms with Gasteiger partial charge >= 0.3 is 6.18 Å². The highest BCUT2D eigenvalue weighted by atomic mass is 35.5. The monoisotopic (exact) mass is 490 g/mol. The number of benzene rings is 2. The van der Waals surface area contributed by atoms with Crippen LogP contribution in [0, 0.1) is 0 Å². The molecule has 11 heteroatoms. The summed E-state index contributed by atoms with van der Waals surface area (Å²) in [5, 5.41) is -0.281.